The number of aliphatic hydroxyl groups is 1. The molecule has 1 heterocycles. The molecule has 114 valence electrons. The smallest absolute Gasteiger partial charge is 0.158 e. The lowest BCUT2D eigenvalue weighted by Crippen LogP contribution is -3.09. The number of hydrogen-bond acceptors (Lipinski definition) is 2. The molecule has 0 aliphatic heterocycles. The van der Waals surface area contributed by atoms with Crippen LogP contribution in [0, 0.1) is 0 Å². The van der Waals surface area contributed by atoms with Crippen molar-refractivity contribution in [2.24, 2.45) is 0 Å². The number of likely N-dealkylation sites (N-methyl/N-ethyl adjacent to an activating group) is 1. The quantitative estimate of drug-likeness (QED) is 0.639. The van der Waals surface area contributed by atoms with Crippen LogP contribution in [-0.4, -0.2) is 32.3 Å². The fourth-order valence-corrected chi connectivity index (χ4v) is 2.20. The second kappa shape index (κ2) is 7.41. The predicted octanol–water partition coefficient (Wildman–Crippen LogP) is 0.208. The van der Waals surface area contributed by atoms with Crippen LogP contribution in [0.1, 0.15) is 24.4 Å². The summed E-state index contributed by atoms with van der Waals surface area (Å²) in [5, 5.41) is 11.8. The van der Waals surface area contributed by atoms with Crippen LogP contribution >= 0.6 is 0 Å². The highest BCUT2D eigenvalue weighted by atomic mass is 16.3. The minimum atomic E-state index is -0.431. The van der Waals surface area contributed by atoms with Crippen molar-refractivity contribution in [3.8, 4) is 11.3 Å². The van der Waals surface area contributed by atoms with Crippen molar-refractivity contribution in [1.82, 2.24) is 0 Å². The number of nitrogens with one attached hydrogen (secondary N) is 1. The van der Waals surface area contributed by atoms with E-state index in [9.17, 15) is 5.11 Å². The number of furan rings is 1. The van der Waals surface area contributed by atoms with Gasteiger partial charge in [0.15, 0.2) is 5.76 Å². The van der Waals surface area contributed by atoms with E-state index in [4.69, 9.17) is 4.42 Å². The monoisotopic (exact) mass is 290 g/mol. The molecule has 0 fully saturated rings. The van der Waals surface area contributed by atoms with Crippen molar-refractivity contribution in [3.63, 3.8) is 0 Å². The molecule has 0 unspecified atom stereocenters. The SMILES string of the molecule is C[C@@H](O)c1ccc(-c2ccc(C[NH2+]CC[NH+](C)C)o2)cc1. The van der Waals surface area contributed by atoms with Gasteiger partial charge in [0.05, 0.1) is 20.2 Å². The van der Waals surface area contributed by atoms with Crippen molar-refractivity contribution in [1.29, 1.82) is 0 Å². The Balaban J connectivity index is 1.93. The maximum Gasteiger partial charge on any atom is 0.158 e. The fourth-order valence-electron chi connectivity index (χ4n) is 2.20. The molecule has 21 heavy (non-hydrogen) atoms. The largest absolute Gasteiger partial charge is 0.455 e. The summed E-state index contributed by atoms with van der Waals surface area (Å²) in [6.07, 6.45) is -0.431. The molecule has 0 amide bonds. The molecule has 2 rings (SSSR count). The molecular weight excluding hydrogens is 264 g/mol. The highest BCUT2D eigenvalue weighted by Crippen LogP contribution is 2.23. The molecule has 0 aliphatic rings. The van der Waals surface area contributed by atoms with Crippen LogP contribution in [0.25, 0.3) is 11.3 Å². The zero-order chi connectivity index (χ0) is 15.2. The molecule has 0 radical (unpaired) electrons. The second-order valence-corrected chi connectivity index (χ2v) is 5.80. The van der Waals surface area contributed by atoms with Crippen LogP contribution in [-0.2, 0) is 6.54 Å². The van der Waals surface area contributed by atoms with Crippen molar-refractivity contribution in [3.05, 3.63) is 47.7 Å². The molecule has 4 nitrogen and oxygen atoms in total. The van der Waals surface area contributed by atoms with Crippen molar-refractivity contribution in [2.75, 3.05) is 27.2 Å². The first-order valence-corrected chi connectivity index (χ1v) is 7.54. The van der Waals surface area contributed by atoms with Crippen molar-refractivity contribution in [2.45, 2.75) is 19.6 Å². The van der Waals surface area contributed by atoms with Gasteiger partial charge in [-0.2, -0.15) is 0 Å². The summed E-state index contributed by atoms with van der Waals surface area (Å²) in [7, 11) is 4.32. The number of nitrogens with two attached hydrogens (primary N) is 1. The van der Waals surface area contributed by atoms with Gasteiger partial charge in [0.1, 0.15) is 25.4 Å². The average Bonchev–Trinajstić information content (AvgIpc) is 2.92. The number of rotatable bonds is 7. The van der Waals surface area contributed by atoms with E-state index >= 15 is 0 Å². The molecule has 0 saturated heterocycles. The summed E-state index contributed by atoms with van der Waals surface area (Å²) in [5.74, 6) is 1.88. The lowest BCUT2D eigenvalue weighted by molar-refractivity contribution is -0.875. The fraction of sp³-hybridized carbons (Fsp3) is 0.412. The molecular formula is C17H26N2O2+2. The van der Waals surface area contributed by atoms with Gasteiger partial charge in [-0.1, -0.05) is 24.3 Å². The minimum Gasteiger partial charge on any atom is -0.455 e. The van der Waals surface area contributed by atoms with Gasteiger partial charge in [-0.3, -0.25) is 0 Å². The van der Waals surface area contributed by atoms with Crippen LogP contribution in [0.15, 0.2) is 40.8 Å². The summed E-state index contributed by atoms with van der Waals surface area (Å²) < 4.78 is 5.88. The molecule has 4 heteroatoms. The summed E-state index contributed by atoms with van der Waals surface area (Å²) >= 11 is 0. The normalized spacial score (nSPS) is 12.8. The van der Waals surface area contributed by atoms with E-state index in [1.165, 1.54) is 4.90 Å². The van der Waals surface area contributed by atoms with E-state index in [1.54, 1.807) is 6.92 Å². The van der Waals surface area contributed by atoms with Gasteiger partial charge in [-0.15, -0.1) is 0 Å². The molecule has 1 aromatic heterocycles. The minimum absolute atomic E-state index is 0.431. The zero-order valence-corrected chi connectivity index (χ0v) is 13.1. The Bertz CT molecular complexity index is 544. The molecule has 0 aliphatic carbocycles. The van der Waals surface area contributed by atoms with E-state index in [-0.39, 0.29) is 0 Å². The van der Waals surface area contributed by atoms with Crippen LogP contribution < -0.4 is 10.2 Å². The van der Waals surface area contributed by atoms with Gasteiger partial charge in [0, 0.05) is 5.56 Å². The zero-order valence-electron chi connectivity index (χ0n) is 13.1. The Kier molecular flexibility index (Phi) is 5.56. The Hall–Kier alpha value is -1.62. The van der Waals surface area contributed by atoms with E-state index in [2.05, 4.69) is 19.4 Å². The topological polar surface area (TPSA) is 54.4 Å². The number of quaternary nitrogens is 2. The first-order valence-electron chi connectivity index (χ1n) is 7.54. The highest BCUT2D eigenvalue weighted by molar-refractivity contribution is 5.58. The van der Waals surface area contributed by atoms with Gasteiger partial charge < -0.3 is 19.7 Å². The van der Waals surface area contributed by atoms with Crippen LogP contribution in [0.3, 0.4) is 0 Å². The Morgan fingerprint density at radius 1 is 1.14 bits per heavy atom. The first kappa shape index (κ1) is 15.8. The molecule has 2 aromatic rings. The van der Waals surface area contributed by atoms with Crippen molar-refractivity contribution < 1.29 is 19.7 Å². The Morgan fingerprint density at radius 2 is 1.86 bits per heavy atom. The Labute approximate surface area is 126 Å². The maximum absolute atomic E-state index is 9.52. The average molecular weight is 290 g/mol. The van der Waals surface area contributed by atoms with E-state index < -0.39 is 6.10 Å². The van der Waals surface area contributed by atoms with Crippen LogP contribution in [0.2, 0.25) is 0 Å². The third-order valence-corrected chi connectivity index (χ3v) is 3.53. The molecule has 4 N–H and O–H groups in total. The summed E-state index contributed by atoms with van der Waals surface area (Å²) in [4.78, 5) is 1.46. The van der Waals surface area contributed by atoms with Gasteiger partial charge >= 0.3 is 0 Å². The van der Waals surface area contributed by atoms with Gasteiger partial charge in [-0.05, 0) is 24.6 Å². The summed E-state index contributed by atoms with van der Waals surface area (Å²) in [6.45, 7) is 4.89. The number of hydrogen-bond donors (Lipinski definition) is 3. The first-order chi connectivity index (χ1) is 10.1. The molecule has 0 bridgehead atoms. The molecule has 0 spiro atoms. The lowest BCUT2D eigenvalue weighted by atomic mass is 10.1. The standard InChI is InChI=1S/C17H24N2O2/c1-13(20)14-4-6-15(7-5-14)17-9-8-16(21-17)12-18-10-11-19(2)3/h4-9,13,18,20H,10-12H2,1-3H3/p+2/t13-/m1/s1. The molecule has 1 aromatic carbocycles. The maximum atomic E-state index is 9.52. The molecule has 1 atom stereocenters. The van der Waals surface area contributed by atoms with Gasteiger partial charge in [0.25, 0.3) is 0 Å². The van der Waals surface area contributed by atoms with Crippen LogP contribution in [0.5, 0.6) is 0 Å². The summed E-state index contributed by atoms with van der Waals surface area (Å²) in [5.41, 5.74) is 1.97. The highest BCUT2D eigenvalue weighted by Gasteiger charge is 2.07. The molecule has 0 saturated carbocycles. The lowest BCUT2D eigenvalue weighted by Gasteiger charge is -2.05. The summed E-state index contributed by atoms with van der Waals surface area (Å²) in [6, 6.07) is 11.9. The van der Waals surface area contributed by atoms with Crippen LogP contribution in [0.4, 0.5) is 0 Å². The third kappa shape index (κ3) is 4.70. The van der Waals surface area contributed by atoms with E-state index in [0.717, 1.165) is 42.3 Å². The number of aliphatic hydroxyl groups excluding tert-OH is 1. The van der Waals surface area contributed by atoms with Gasteiger partial charge in [0.2, 0.25) is 0 Å². The Morgan fingerprint density at radius 3 is 2.48 bits per heavy atom. The van der Waals surface area contributed by atoms with E-state index in [0.29, 0.717) is 0 Å². The second-order valence-electron chi connectivity index (χ2n) is 5.80. The van der Waals surface area contributed by atoms with Gasteiger partial charge in [-0.25, -0.2) is 0 Å². The van der Waals surface area contributed by atoms with E-state index in [1.807, 2.05) is 36.4 Å². The number of benzene rings is 1. The third-order valence-electron chi connectivity index (χ3n) is 3.53. The van der Waals surface area contributed by atoms with Crippen molar-refractivity contribution >= 4 is 0 Å². The predicted molar refractivity (Wildman–Crippen MR) is 83.0 cm³/mol.